The first kappa shape index (κ1) is 42.3. The van der Waals surface area contributed by atoms with E-state index in [1.165, 1.54) is 27.8 Å². The van der Waals surface area contributed by atoms with Gasteiger partial charge in [0.25, 0.3) is 0 Å². The fraction of sp³-hybridized carbons (Fsp3) is 0.294. The maximum atomic E-state index is 5.74. The highest BCUT2D eigenvalue weighted by Crippen LogP contribution is 2.42. The van der Waals surface area contributed by atoms with Crippen molar-refractivity contribution >= 4 is 22.7 Å². The van der Waals surface area contributed by atoms with Crippen LogP contribution in [0.1, 0.15) is 91.2 Å². The lowest BCUT2D eigenvalue weighted by molar-refractivity contribution is 0.354. The summed E-state index contributed by atoms with van der Waals surface area (Å²) in [7, 11) is 10.0. The summed E-state index contributed by atoms with van der Waals surface area (Å²) < 4.78 is 33.6. The predicted octanol–water partition coefficient (Wildman–Crippen LogP) is 12.9. The van der Waals surface area contributed by atoms with E-state index in [1.807, 2.05) is 18.2 Å². The molecule has 6 rings (SSSR count). The number of benzene rings is 6. The van der Waals surface area contributed by atoms with Crippen LogP contribution in [0.5, 0.6) is 34.5 Å². The number of hydrogen-bond donors (Lipinski definition) is 2. The van der Waals surface area contributed by atoms with Crippen LogP contribution >= 0.6 is 0 Å². The first-order valence-electron chi connectivity index (χ1n) is 20.3. The van der Waals surface area contributed by atoms with E-state index in [0.717, 1.165) is 70.6 Å². The van der Waals surface area contributed by atoms with Crippen LogP contribution < -0.4 is 39.1 Å². The zero-order valence-corrected chi connectivity index (χ0v) is 35.8. The molecule has 0 fully saturated rings. The standard InChI is InChI=1S/C51H58N2O6/c1-10-41(35-16-26-46(54-4)49(30-35)57-7)33-13-19-38(20-14-33)52-39-21-23-40(24-22-39)53-45-25-15-34(42(11-2)36-17-27-47(55-5)50(31-36)58-8)29-44(45)43(12-3)37-18-28-48(56-6)51(32-37)59-9/h13-32,41-43,52-53H,10-12H2,1-9H3. The molecular formula is C51H58N2O6. The molecule has 8 heteroatoms. The molecule has 0 aliphatic rings. The highest BCUT2D eigenvalue weighted by Gasteiger charge is 2.23. The maximum absolute atomic E-state index is 5.74. The second-order valence-electron chi connectivity index (χ2n) is 14.5. The Labute approximate surface area is 350 Å². The summed E-state index contributed by atoms with van der Waals surface area (Å²) in [6.45, 7) is 6.67. The number of nitrogens with one attached hydrogen (secondary N) is 2. The Morgan fingerprint density at radius 1 is 0.339 bits per heavy atom. The molecule has 2 N–H and O–H groups in total. The van der Waals surface area contributed by atoms with Gasteiger partial charge in [0, 0.05) is 40.5 Å². The Morgan fingerprint density at radius 3 is 1.07 bits per heavy atom. The van der Waals surface area contributed by atoms with Crippen molar-refractivity contribution in [2.75, 3.05) is 53.3 Å². The Bertz CT molecular complexity index is 2290. The van der Waals surface area contributed by atoms with Gasteiger partial charge in [-0.25, -0.2) is 0 Å². The van der Waals surface area contributed by atoms with Gasteiger partial charge in [-0.05, 0) is 132 Å². The SMILES string of the molecule is CCC(c1ccc(Nc2ccc(Nc3ccc(C(CC)c4ccc(OC)c(OC)c4)cc3C(CC)c3ccc(OC)c(OC)c3)cc2)cc1)c1ccc(OC)c(OC)c1. The van der Waals surface area contributed by atoms with E-state index >= 15 is 0 Å². The van der Waals surface area contributed by atoms with Gasteiger partial charge in [-0.2, -0.15) is 0 Å². The number of rotatable bonds is 19. The highest BCUT2D eigenvalue weighted by atomic mass is 16.5. The van der Waals surface area contributed by atoms with Gasteiger partial charge in [0.1, 0.15) is 0 Å². The van der Waals surface area contributed by atoms with Crippen molar-refractivity contribution in [2.45, 2.75) is 57.8 Å². The largest absolute Gasteiger partial charge is 0.493 e. The molecule has 3 unspecified atom stereocenters. The molecule has 0 aromatic heterocycles. The van der Waals surface area contributed by atoms with Crippen molar-refractivity contribution in [2.24, 2.45) is 0 Å². The summed E-state index contributed by atoms with van der Waals surface area (Å²) in [6, 6.07) is 42.6. The highest BCUT2D eigenvalue weighted by molar-refractivity contribution is 5.69. The normalized spacial score (nSPS) is 12.5. The minimum atomic E-state index is 0.0862. The average molecular weight is 795 g/mol. The molecule has 59 heavy (non-hydrogen) atoms. The number of ether oxygens (including phenoxy) is 6. The lowest BCUT2D eigenvalue weighted by atomic mass is 9.82. The lowest BCUT2D eigenvalue weighted by Gasteiger charge is -2.25. The average Bonchev–Trinajstić information content (AvgIpc) is 3.28. The molecule has 308 valence electrons. The van der Waals surface area contributed by atoms with Crippen LogP contribution in [-0.4, -0.2) is 42.7 Å². The molecule has 0 spiro atoms. The first-order valence-corrected chi connectivity index (χ1v) is 20.3. The molecule has 6 aromatic rings. The minimum Gasteiger partial charge on any atom is -0.493 e. The van der Waals surface area contributed by atoms with Gasteiger partial charge < -0.3 is 39.1 Å². The summed E-state index contributed by atoms with van der Waals surface area (Å²) in [5, 5.41) is 7.36. The van der Waals surface area contributed by atoms with Crippen LogP contribution in [0.4, 0.5) is 22.7 Å². The van der Waals surface area contributed by atoms with Crippen LogP contribution in [0.25, 0.3) is 0 Å². The number of anilines is 4. The summed E-state index contributed by atoms with van der Waals surface area (Å²) >= 11 is 0. The van der Waals surface area contributed by atoms with E-state index in [1.54, 1.807) is 42.7 Å². The number of methoxy groups -OCH3 is 6. The fourth-order valence-electron chi connectivity index (χ4n) is 8.13. The minimum absolute atomic E-state index is 0.0862. The third kappa shape index (κ3) is 9.55. The molecule has 0 saturated carbocycles. The van der Waals surface area contributed by atoms with Crippen LogP contribution in [0.15, 0.2) is 121 Å². The van der Waals surface area contributed by atoms with Crippen molar-refractivity contribution in [3.8, 4) is 34.5 Å². The Hall–Kier alpha value is -6.28. The molecule has 0 aliphatic carbocycles. The summed E-state index contributed by atoms with van der Waals surface area (Å²) in [5.74, 6) is 4.83. The van der Waals surface area contributed by atoms with Gasteiger partial charge in [-0.3, -0.25) is 0 Å². The molecular weight excluding hydrogens is 737 g/mol. The van der Waals surface area contributed by atoms with Gasteiger partial charge in [-0.15, -0.1) is 0 Å². The topological polar surface area (TPSA) is 79.4 Å². The van der Waals surface area contributed by atoms with Gasteiger partial charge in [-0.1, -0.05) is 63.2 Å². The zero-order chi connectivity index (χ0) is 41.9. The van der Waals surface area contributed by atoms with Crippen molar-refractivity contribution in [1.29, 1.82) is 0 Å². The van der Waals surface area contributed by atoms with Crippen LogP contribution in [0.2, 0.25) is 0 Å². The van der Waals surface area contributed by atoms with Crippen LogP contribution in [0.3, 0.4) is 0 Å². The molecule has 0 saturated heterocycles. The Kier molecular flexibility index (Phi) is 14.3. The van der Waals surface area contributed by atoms with Gasteiger partial charge >= 0.3 is 0 Å². The van der Waals surface area contributed by atoms with E-state index < -0.39 is 0 Å². The van der Waals surface area contributed by atoms with Gasteiger partial charge in [0.05, 0.1) is 42.7 Å². The van der Waals surface area contributed by atoms with E-state index in [9.17, 15) is 0 Å². The molecule has 8 nitrogen and oxygen atoms in total. The summed E-state index contributed by atoms with van der Waals surface area (Å²) in [5.41, 5.74) is 11.3. The third-order valence-corrected chi connectivity index (χ3v) is 11.3. The molecule has 6 aromatic carbocycles. The van der Waals surface area contributed by atoms with E-state index in [4.69, 9.17) is 28.4 Å². The second-order valence-corrected chi connectivity index (χ2v) is 14.5. The monoisotopic (exact) mass is 794 g/mol. The third-order valence-electron chi connectivity index (χ3n) is 11.3. The van der Waals surface area contributed by atoms with E-state index in [-0.39, 0.29) is 17.8 Å². The smallest absolute Gasteiger partial charge is 0.161 e. The molecule has 0 aliphatic heterocycles. The van der Waals surface area contributed by atoms with Crippen molar-refractivity contribution in [3.05, 3.63) is 155 Å². The van der Waals surface area contributed by atoms with Gasteiger partial charge in [0.2, 0.25) is 0 Å². The van der Waals surface area contributed by atoms with Crippen molar-refractivity contribution in [1.82, 2.24) is 0 Å². The Balaban J connectivity index is 1.27. The first-order chi connectivity index (χ1) is 28.8. The molecule has 0 amide bonds. The van der Waals surface area contributed by atoms with Crippen LogP contribution in [-0.2, 0) is 0 Å². The second kappa shape index (κ2) is 19.9. The summed E-state index contributed by atoms with van der Waals surface area (Å²) in [4.78, 5) is 0. The Morgan fingerprint density at radius 2 is 0.661 bits per heavy atom. The van der Waals surface area contributed by atoms with E-state index in [2.05, 4.69) is 135 Å². The van der Waals surface area contributed by atoms with Gasteiger partial charge in [0.15, 0.2) is 34.5 Å². The van der Waals surface area contributed by atoms with Crippen molar-refractivity contribution in [3.63, 3.8) is 0 Å². The predicted molar refractivity (Wildman–Crippen MR) is 241 cm³/mol. The quantitative estimate of drug-likeness (QED) is 0.0839. The van der Waals surface area contributed by atoms with Crippen LogP contribution in [0, 0.1) is 0 Å². The molecule has 0 heterocycles. The number of hydrogen-bond acceptors (Lipinski definition) is 8. The fourth-order valence-corrected chi connectivity index (χ4v) is 8.13. The van der Waals surface area contributed by atoms with E-state index in [0.29, 0.717) is 11.5 Å². The maximum Gasteiger partial charge on any atom is 0.161 e. The lowest BCUT2D eigenvalue weighted by Crippen LogP contribution is -2.08. The summed E-state index contributed by atoms with van der Waals surface area (Å²) in [6.07, 6.45) is 2.77. The molecule has 3 atom stereocenters. The van der Waals surface area contributed by atoms with Crippen molar-refractivity contribution < 1.29 is 28.4 Å². The molecule has 0 bridgehead atoms. The molecule has 0 radical (unpaired) electrons. The zero-order valence-electron chi connectivity index (χ0n) is 35.8.